The third kappa shape index (κ3) is 8.39. The maximum atomic E-state index is 13.3. The van der Waals surface area contributed by atoms with Gasteiger partial charge in [0.2, 0.25) is 5.91 Å². The quantitative estimate of drug-likeness (QED) is 0.513. The van der Waals surface area contributed by atoms with Gasteiger partial charge in [-0.2, -0.15) is 26.3 Å². The van der Waals surface area contributed by atoms with Crippen LogP contribution in [0.1, 0.15) is 24.1 Å². The highest BCUT2D eigenvalue weighted by molar-refractivity contribution is 6.08. The molecule has 4 rings (SSSR count). The maximum absolute atomic E-state index is 13.3. The van der Waals surface area contributed by atoms with Crippen LogP contribution in [-0.2, 0) is 31.1 Å². The van der Waals surface area contributed by atoms with E-state index in [1.54, 1.807) is 7.11 Å². The fraction of sp³-hybridized carbons (Fsp3) is 0.440. The van der Waals surface area contributed by atoms with Crippen LogP contribution >= 0.6 is 0 Å². The summed E-state index contributed by atoms with van der Waals surface area (Å²) in [7, 11) is 1.68. The van der Waals surface area contributed by atoms with Gasteiger partial charge in [0.05, 0.1) is 17.7 Å². The monoisotopic (exact) mass is 579 g/mol. The first-order valence-electron chi connectivity index (χ1n) is 11.8. The van der Waals surface area contributed by atoms with E-state index >= 15 is 0 Å². The molecule has 0 bridgehead atoms. The minimum absolute atomic E-state index is 0.244. The van der Waals surface area contributed by atoms with Crippen LogP contribution in [0.25, 0.3) is 0 Å². The van der Waals surface area contributed by atoms with Gasteiger partial charge in [-0.15, -0.1) is 0 Å². The Bertz CT molecular complexity index is 1130. The first kappa shape index (κ1) is 32.5. The number of piperidine rings is 1. The molecule has 0 atom stereocenters. The molecule has 0 saturated carbocycles. The number of carbonyl (C=O) groups is 3. The summed E-state index contributed by atoms with van der Waals surface area (Å²) >= 11 is 0. The molecule has 0 unspecified atom stereocenters. The number of benzene rings is 1. The van der Waals surface area contributed by atoms with Crippen molar-refractivity contribution in [1.82, 2.24) is 9.88 Å². The molecule has 3 heterocycles. The van der Waals surface area contributed by atoms with Crippen molar-refractivity contribution in [2.24, 2.45) is 0 Å². The number of rotatable bonds is 5. The molecule has 2 N–H and O–H groups in total. The first-order valence-corrected chi connectivity index (χ1v) is 11.8. The van der Waals surface area contributed by atoms with Crippen LogP contribution in [0, 0.1) is 0 Å². The topological polar surface area (TPSA) is 120 Å². The van der Waals surface area contributed by atoms with Gasteiger partial charge in [0.15, 0.2) is 0 Å². The van der Waals surface area contributed by atoms with E-state index in [1.165, 1.54) is 5.56 Å². The third-order valence-electron chi connectivity index (χ3n) is 6.19. The average molecular weight is 579 g/mol. The number of amides is 1. The summed E-state index contributed by atoms with van der Waals surface area (Å²) in [6.07, 6.45) is -6.61. The zero-order valence-corrected chi connectivity index (χ0v) is 21.2. The highest BCUT2D eigenvalue weighted by Gasteiger charge is 2.51. The van der Waals surface area contributed by atoms with Gasteiger partial charge in [-0.05, 0) is 49.7 Å². The van der Waals surface area contributed by atoms with Crippen molar-refractivity contribution < 1.29 is 55.7 Å². The molecule has 220 valence electrons. The summed E-state index contributed by atoms with van der Waals surface area (Å²) in [6, 6.07) is 14.3. The Labute approximate surface area is 225 Å². The standard InChI is InChI=1S/C21H25N3O2.2C2HF3O2/c1-26-15-14-24-19-8-3-2-7-18(19)21(20(24)25)9-12-23(13-10-21)16-17-6-4-5-11-22-17;2*3-2(4,5)1(6)7/h2-8,11H,9-10,12-16H2,1H3;2*(H,6,7). The van der Waals surface area contributed by atoms with Crippen molar-refractivity contribution in [3.8, 4) is 0 Å². The number of aliphatic carboxylic acids is 2. The number of aromatic nitrogens is 1. The Morgan fingerprint density at radius 3 is 1.95 bits per heavy atom. The molecule has 1 aromatic carbocycles. The van der Waals surface area contributed by atoms with Crippen molar-refractivity contribution >= 4 is 23.5 Å². The molecule has 1 fully saturated rings. The Hall–Kier alpha value is -3.72. The summed E-state index contributed by atoms with van der Waals surface area (Å²) in [5, 5.41) is 14.2. The molecule has 2 aliphatic heterocycles. The lowest BCUT2D eigenvalue weighted by molar-refractivity contribution is -0.193. The highest BCUT2D eigenvalue weighted by Crippen LogP contribution is 2.47. The summed E-state index contributed by atoms with van der Waals surface area (Å²) in [6.45, 7) is 3.84. The second-order valence-corrected chi connectivity index (χ2v) is 8.75. The summed E-state index contributed by atoms with van der Waals surface area (Å²) in [5.74, 6) is -5.27. The summed E-state index contributed by atoms with van der Waals surface area (Å²) < 4.78 is 68.7. The fourth-order valence-electron chi connectivity index (χ4n) is 4.30. The number of carboxylic acids is 2. The van der Waals surface area contributed by atoms with Gasteiger partial charge < -0.3 is 19.8 Å². The van der Waals surface area contributed by atoms with Gasteiger partial charge in [0, 0.05) is 32.1 Å². The van der Waals surface area contributed by atoms with Crippen molar-refractivity contribution in [2.45, 2.75) is 37.2 Å². The van der Waals surface area contributed by atoms with Crippen molar-refractivity contribution in [3.05, 3.63) is 59.9 Å². The number of carboxylic acid groups (broad SMARTS) is 2. The number of carbonyl (C=O) groups excluding carboxylic acids is 1. The number of alkyl halides is 6. The summed E-state index contributed by atoms with van der Waals surface area (Å²) in [4.78, 5) is 39.9. The molecule has 2 aliphatic rings. The highest BCUT2D eigenvalue weighted by atomic mass is 19.4. The van der Waals surface area contributed by atoms with E-state index in [1.807, 2.05) is 35.4 Å². The number of halogens is 6. The number of pyridine rings is 1. The average Bonchev–Trinajstić information content (AvgIpc) is 3.11. The SMILES string of the molecule is COCCN1C(=O)C2(CCN(Cc3ccccn3)CC2)c2ccccc21.O=C(O)C(F)(F)F.O=C(O)C(F)(F)F. The minimum atomic E-state index is -5.08. The van der Waals surface area contributed by atoms with Gasteiger partial charge in [0.1, 0.15) is 0 Å². The number of fused-ring (bicyclic) bond motifs is 2. The molecule has 1 aromatic heterocycles. The maximum Gasteiger partial charge on any atom is 0.490 e. The Morgan fingerprint density at radius 2 is 1.48 bits per heavy atom. The molecule has 2 aromatic rings. The smallest absolute Gasteiger partial charge is 0.475 e. The van der Waals surface area contributed by atoms with Gasteiger partial charge in [-0.25, -0.2) is 9.59 Å². The molecule has 1 spiro atoms. The van der Waals surface area contributed by atoms with Gasteiger partial charge >= 0.3 is 24.3 Å². The normalized spacial score (nSPS) is 16.4. The lowest BCUT2D eigenvalue weighted by Crippen LogP contribution is -2.49. The number of hydrogen-bond donors (Lipinski definition) is 2. The number of methoxy groups -OCH3 is 1. The second-order valence-electron chi connectivity index (χ2n) is 8.75. The second kappa shape index (κ2) is 13.6. The molecule has 0 radical (unpaired) electrons. The van der Waals surface area contributed by atoms with E-state index < -0.39 is 24.3 Å². The summed E-state index contributed by atoms with van der Waals surface area (Å²) in [5.41, 5.74) is 2.97. The molecule has 1 saturated heterocycles. The fourth-order valence-corrected chi connectivity index (χ4v) is 4.30. The van der Waals surface area contributed by atoms with E-state index in [0.29, 0.717) is 13.2 Å². The minimum Gasteiger partial charge on any atom is -0.475 e. The van der Waals surface area contributed by atoms with E-state index in [4.69, 9.17) is 24.5 Å². The van der Waals surface area contributed by atoms with Crippen molar-refractivity contribution in [1.29, 1.82) is 0 Å². The van der Waals surface area contributed by atoms with Crippen LogP contribution in [0.15, 0.2) is 48.7 Å². The van der Waals surface area contributed by atoms with Crippen molar-refractivity contribution in [3.63, 3.8) is 0 Å². The van der Waals surface area contributed by atoms with E-state index in [-0.39, 0.29) is 11.3 Å². The number of likely N-dealkylation sites (tertiary alicyclic amines) is 1. The zero-order valence-electron chi connectivity index (χ0n) is 21.2. The molecular weight excluding hydrogens is 552 g/mol. The lowest BCUT2D eigenvalue weighted by atomic mass is 9.73. The number of nitrogens with zero attached hydrogens (tertiary/aromatic N) is 3. The van der Waals surface area contributed by atoms with E-state index in [2.05, 4.69) is 28.1 Å². The Morgan fingerprint density at radius 1 is 0.950 bits per heavy atom. The first-order chi connectivity index (χ1) is 18.6. The van der Waals surface area contributed by atoms with Crippen LogP contribution in [0.3, 0.4) is 0 Å². The van der Waals surface area contributed by atoms with Crippen LogP contribution in [0.2, 0.25) is 0 Å². The number of ether oxygens (including phenoxy) is 1. The number of anilines is 1. The van der Waals surface area contributed by atoms with Crippen LogP contribution in [-0.4, -0.2) is 83.6 Å². The van der Waals surface area contributed by atoms with Crippen LogP contribution < -0.4 is 4.90 Å². The Kier molecular flexibility index (Phi) is 11.0. The molecule has 9 nitrogen and oxygen atoms in total. The Balaban J connectivity index is 0.000000333. The predicted octanol–water partition coefficient (Wildman–Crippen LogP) is 3.88. The van der Waals surface area contributed by atoms with E-state index in [0.717, 1.165) is 43.9 Å². The largest absolute Gasteiger partial charge is 0.490 e. The third-order valence-corrected chi connectivity index (χ3v) is 6.19. The molecule has 0 aliphatic carbocycles. The molecular formula is C25H27F6N3O6. The molecule has 40 heavy (non-hydrogen) atoms. The van der Waals surface area contributed by atoms with Gasteiger partial charge in [-0.3, -0.25) is 14.7 Å². The van der Waals surface area contributed by atoms with E-state index in [9.17, 15) is 31.1 Å². The van der Waals surface area contributed by atoms with Crippen molar-refractivity contribution in [2.75, 3.05) is 38.3 Å². The molecule has 1 amide bonds. The van der Waals surface area contributed by atoms with Crippen LogP contribution in [0.5, 0.6) is 0 Å². The van der Waals surface area contributed by atoms with Crippen LogP contribution in [0.4, 0.5) is 32.0 Å². The number of hydrogen-bond acceptors (Lipinski definition) is 6. The number of para-hydroxylation sites is 1. The lowest BCUT2D eigenvalue weighted by Gasteiger charge is -2.38. The predicted molar refractivity (Wildman–Crippen MR) is 128 cm³/mol. The molecule has 15 heteroatoms. The van der Waals surface area contributed by atoms with Gasteiger partial charge in [-0.1, -0.05) is 24.3 Å². The van der Waals surface area contributed by atoms with Gasteiger partial charge in [0.25, 0.3) is 0 Å². The zero-order chi connectivity index (χ0) is 30.1.